The van der Waals surface area contributed by atoms with Gasteiger partial charge >= 0.3 is 12.4 Å². The third-order valence-corrected chi connectivity index (χ3v) is 5.84. The number of hydrogen-bond acceptors (Lipinski definition) is 3. The molecule has 31 heavy (non-hydrogen) atoms. The summed E-state index contributed by atoms with van der Waals surface area (Å²) in [6, 6.07) is 4.82. The fourth-order valence-corrected chi connectivity index (χ4v) is 4.27. The number of nitrogens with one attached hydrogen (secondary N) is 1. The van der Waals surface area contributed by atoms with Crippen molar-refractivity contribution < 1.29 is 39.6 Å². The summed E-state index contributed by atoms with van der Waals surface area (Å²) in [7, 11) is -3.54. The normalized spacial score (nSPS) is 14.9. The van der Waals surface area contributed by atoms with Crippen LogP contribution in [0, 0.1) is 0 Å². The van der Waals surface area contributed by atoms with Crippen molar-refractivity contribution in [1.82, 2.24) is 0 Å². The van der Waals surface area contributed by atoms with Crippen molar-refractivity contribution in [3.05, 3.63) is 58.7 Å². The Labute approximate surface area is 173 Å². The number of nitrogens with zero attached hydrogens (tertiary/aromatic N) is 1. The summed E-state index contributed by atoms with van der Waals surface area (Å²) in [4.78, 5) is 12.5. The molecular weight excluding hydrogens is 450 g/mol. The van der Waals surface area contributed by atoms with E-state index in [0.717, 1.165) is 6.26 Å². The molecule has 5 nitrogen and oxygen atoms in total. The van der Waals surface area contributed by atoms with Crippen molar-refractivity contribution >= 4 is 27.3 Å². The van der Waals surface area contributed by atoms with Gasteiger partial charge in [-0.1, -0.05) is 0 Å². The van der Waals surface area contributed by atoms with Gasteiger partial charge in [0.05, 0.1) is 23.1 Å². The Balaban J connectivity index is 1.93. The van der Waals surface area contributed by atoms with Crippen molar-refractivity contribution in [3.8, 4) is 0 Å². The molecule has 0 bridgehead atoms. The zero-order valence-corrected chi connectivity index (χ0v) is 16.7. The molecule has 2 aromatic rings. The largest absolute Gasteiger partial charge is 0.416 e. The van der Waals surface area contributed by atoms with Crippen LogP contribution < -0.4 is 9.62 Å². The number of carbonyl (C=O) groups excluding carboxylic acids is 1. The van der Waals surface area contributed by atoms with E-state index in [1.54, 1.807) is 0 Å². The van der Waals surface area contributed by atoms with E-state index in [-0.39, 0.29) is 18.2 Å². The lowest BCUT2D eigenvalue weighted by atomic mass is 10.0. The fourth-order valence-electron chi connectivity index (χ4n) is 3.28. The second kappa shape index (κ2) is 7.74. The van der Waals surface area contributed by atoms with Gasteiger partial charge in [-0.15, -0.1) is 0 Å². The summed E-state index contributed by atoms with van der Waals surface area (Å²) >= 11 is 0. The molecule has 0 saturated carbocycles. The topological polar surface area (TPSA) is 66.5 Å². The molecule has 1 amide bonds. The molecule has 0 saturated heterocycles. The summed E-state index contributed by atoms with van der Waals surface area (Å²) < 4.78 is 103. The molecule has 0 aliphatic carbocycles. The fraction of sp³-hybridized carbons (Fsp3) is 0.316. The van der Waals surface area contributed by atoms with E-state index in [1.807, 2.05) is 0 Å². The number of halogens is 6. The van der Waals surface area contributed by atoms with Crippen LogP contribution in [0.15, 0.2) is 36.4 Å². The number of amides is 1. The lowest BCUT2D eigenvalue weighted by Gasteiger charge is -2.29. The van der Waals surface area contributed by atoms with Gasteiger partial charge < -0.3 is 5.32 Å². The third-order valence-electron chi connectivity index (χ3n) is 4.66. The molecule has 1 heterocycles. The van der Waals surface area contributed by atoms with E-state index in [1.165, 1.54) is 22.5 Å². The zero-order chi connectivity index (χ0) is 23.2. The van der Waals surface area contributed by atoms with Crippen LogP contribution in [0.4, 0.5) is 37.7 Å². The lowest BCUT2D eigenvalue weighted by molar-refractivity contribution is -0.143. The first kappa shape index (κ1) is 22.9. The van der Waals surface area contributed by atoms with Crippen LogP contribution in [0.3, 0.4) is 0 Å². The molecule has 0 atom stereocenters. The number of fused-ring (bicyclic) bond motifs is 1. The van der Waals surface area contributed by atoms with Crippen molar-refractivity contribution in [2.24, 2.45) is 0 Å². The number of aryl methyl sites for hydroxylation is 1. The average Bonchev–Trinajstić information content (AvgIpc) is 2.64. The molecule has 3 rings (SSSR count). The van der Waals surface area contributed by atoms with Gasteiger partial charge in [0.25, 0.3) is 5.91 Å². The first-order valence-corrected chi connectivity index (χ1v) is 10.7. The standard InChI is InChI=1S/C19H16F6N2O3S/c1-31(29,30)27-6-2-3-11-7-12(4-5-16(11)27)17(28)26-15-9-13(18(20,21)22)8-14(10-15)19(23,24)25/h4-5,7-10H,2-3,6H2,1H3,(H,26,28). The average molecular weight is 466 g/mol. The third kappa shape index (κ3) is 5.12. The summed E-state index contributed by atoms with van der Waals surface area (Å²) in [5, 5.41) is 2.06. The summed E-state index contributed by atoms with van der Waals surface area (Å²) in [5.41, 5.74) is -2.88. The highest BCUT2D eigenvalue weighted by Crippen LogP contribution is 2.38. The first-order chi connectivity index (χ1) is 14.2. The van der Waals surface area contributed by atoms with Gasteiger partial charge in [-0.05, 0) is 54.8 Å². The maximum absolute atomic E-state index is 13.0. The van der Waals surface area contributed by atoms with Gasteiger partial charge in [-0.3, -0.25) is 9.10 Å². The molecular formula is C19H16F6N2O3S. The summed E-state index contributed by atoms with van der Waals surface area (Å²) in [5.74, 6) is -0.924. The number of alkyl halides is 6. The molecule has 0 aromatic heterocycles. The van der Waals surface area contributed by atoms with E-state index < -0.39 is 45.1 Å². The Morgan fingerprint density at radius 1 is 0.968 bits per heavy atom. The summed E-state index contributed by atoms with van der Waals surface area (Å²) in [6.07, 6.45) is -8.09. The smallest absolute Gasteiger partial charge is 0.322 e. The van der Waals surface area contributed by atoms with Crippen LogP contribution in [-0.4, -0.2) is 27.1 Å². The van der Waals surface area contributed by atoms with Crippen molar-refractivity contribution in [2.75, 3.05) is 22.4 Å². The minimum Gasteiger partial charge on any atom is -0.322 e. The Bertz CT molecular complexity index is 1090. The summed E-state index contributed by atoms with van der Waals surface area (Å²) in [6.45, 7) is 0.266. The molecule has 12 heteroatoms. The quantitative estimate of drug-likeness (QED) is 0.668. The zero-order valence-electron chi connectivity index (χ0n) is 15.9. The number of benzene rings is 2. The van der Waals surface area contributed by atoms with Gasteiger partial charge in [-0.2, -0.15) is 26.3 Å². The van der Waals surface area contributed by atoms with Crippen LogP contribution in [0.25, 0.3) is 0 Å². The van der Waals surface area contributed by atoms with Crippen molar-refractivity contribution in [3.63, 3.8) is 0 Å². The second-order valence-electron chi connectivity index (χ2n) is 7.03. The maximum Gasteiger partial charge on any atom is 0.416 e. The second-order valence-corrected chi connectivity index (χ2v) is 8.94. The van der Waals surface area contributed by atoms with Gasteiger partial charge in [0, 0.05) is 17.8 Å². The van der Waals surface area contributed by atoms with Crippen LogP contribution >= 0.6 is 0 Å². The van der Waals surface area contributed by atoms with E-state index in [9.17, 15) is 39.6 Å². The molecule has 1 aliphatic heterocycles. The van der Waals surface area contributed by atoms with Crippen LogP contribution in [-0.2, 0) is 28.8 Å². The van der Waals surface area contributed by atoms with E-state index in [4.69, 9.17) is 0 Å². The molecule has 2 aromatic carbocycles. The number of sulfonamides is 1. The molecule has 0 unspecified atom stereocenters. The van der Waals surface area contributed by atoms with Gasteiger partial charge in [0.15, 0.2) is 0 Å². The predicted molar refractivity (Wildman–Crippen MR) is 101 cm³/mol. The minimum absolute atomic E-state index is 0.0277. The maximum atomic E-state index is 13.0. The SMILES string of the molecule is CS(=O)(=O)N1CCCc2cc(C(=O)Nc3cc(C(F)(F)F)cc(C(F)(F)F)c3)ccc21. The molecule has 0 radical (unpaired) electrons. The van der Waals surface area contributed by atoms with E-state index >= 15 is 0 Å². The highest BCUT2D eigenvalue weighted by molar-refractivity contribution is 7.92. The van der Waals surface area contributed by atoms with E-state index in [2.05, 4.69) is 5.32 Å². The van der Waals surface area contributed by atoms with E-state index in [0.29, 0.717) is 36.2 Å². The Morgan fingerprint density at radius 2 is 1.55 bits per heavy atom. The lowest BCUT2D eigenvalue weighted by Crippen LogP contribution is -2.34. The van der Waals surface area contributed by atoms with Gasteiger partial charge in [-0.25, -0.2) is 8.42 Å². The predicted octanol–water partition coefficient (Wildman–Crippen LogP) is 4.69. The number of hydrogen-bond donors (Lipinski definition) is 1. The Morgan fingerprint density at radius 3 is 2.06 bits per heavy atom. The molecule has 1 aliphatic rings. The molecule has 0 fully saturated rings. The van der Waals surface area contributed by atoms with Crippen molar-refractivity contribution in [2.45, 2.75) is 25.2 Å². The van der Waals surface area contributed by atoms with Crippen molar-refractivity contribution in [1.29, 1.82) is 0 Å². The highest BCUT2D eigenvalue weighted by Gasteiger charge is 2.37. The number of carbonyl (C=O) groups is 1. The van der Waals surface area contributed by atoms with Crippen LogP contribution in [0.2, 0.25) is 0 Å². The van der Waals surface area contributed by atoms with Crippen LogP contribution in [0.1, 0.15) is 33.5 Å². The van der Waals surface area contributed by atoms with Gasteiger partial charge in [0.2, 0.25) is 10.0 Å². The molecule has 1 N–H and O–H groups in total. The van der Waals surface area contributed by atoms with Gasteiger partial charge in [0.1, 0.15) is 0 Å². The number of rotatable bonds is 3. The molecule has 168 valence electrons. The minimum atomic E-state index is -5.04. The monoisotopic (exact) mass is 466 g/mol. The Hall–Kier alpha value is -2.76. The first-order valence-electron chi connectivity index (χ1n) is 8.88. The molecule has 0 spiro atoms. The number of anilines is 2. The highest BCUT2D eigenvalue weighted by atomic mass is 32.2. The Kier molecular flexibility index (Phi) is 5.72. The van der Waals surface area contributed by atoms with Crippen LogP contribution in [0.5, 0.6) is 0 Å².